The van der Waals surface area contributed by atoms with Crippen LogP contribution in [0.15, 0.2) is 0 Å². The van der Waals surface area contributed by atoms with E-state index in [4.69, 9.17) is 0 Å². The van der Waals surface area contributed by atoms with E-state index < -0.39 is 0 Å². The number of rotatable bonds is 2. The Morgan fingerprint density at radius 1 is 1.78 bits per heavy atom. The van der Waals surface area contributed by atoms with Crippen LogP contribution in [0.4, 0.5) is 0 Å². The molecular weight excluding hydrogens is 132 g/mol. The van der Waals surface area contributed by atoms with Crippen molar-refractivity contribution in [1.29, 1.82) is 0 Å². The second-order valence-electron chi connectivity index (χ2n) is 2.47. The molecule has 0 radical (unpaired) electrons. The fraction of sp³-hybridized carbons (Fsp3) is 0.857. The maximum Gasteiger partial charge on any atom is 0.146 e. The van der Waals surface area contributed by atoms with Gasteiger partial charge in [-0.15, -0.1) is 0 Å². The van der Waals surface area contributed by atoms with Gasteiger partial charge in [0.15, 0.2) is 0 Å². The number of hydrogen-bond acceptors (Lipinski definition) is 2. The van der Waals surface area contributed by atoms with E-state index in [1.165, 1.54) is 0 Å². The highest BCUT2D eigenvalue weighted by atomic mass is 32.2. The highest BCUT2D eigenvalue weighted by Gasteiger charge is 2.23. The van der Waals surface area contributed by atoms with E-state index >= 15 is 0 Å². The standard InChI is InChI=1S/C7H12OS/c1-2-3-6-4-9-5-7(6)8/h6H,2-5H2,1H3. The van der Waals surface area contributed by atoms with Gasteiger partial charge in [-0.3, -0.25) is 4.79 Å². The van der Waals surface area contributed by atoms with Gasteiger partial charge >= 0.3 is 0 Å². The highest BCUT2D eigenvalue weighted by molar-refractivity contribution is 8.00. The summed E-state index contributed by atoms with van der Waals surface area (Å²) < 4.78 is 0. The van der Waals surface area contributed by atoms with Gasteiger partial charge < -0.3 is 0 Å². The summed E-state index contributed by atoms with van der Waals surface area (Å²) in [6.45, 7) is 2.14. The molecule has 0 aromatic carbocycles. The molecule has 0 amide bonds. The predicted molar refractivity (Wildman–Crippen MR) is 40.7 cm³/mol. The van der Waals surface area contributed by atoms with Crippen molar-refractivity contribution in [2.75, 3.05) is 11.5 Å². The number of hydrogen-bond donors (Lipinski definition) is 0. The lowest BCUT2D eigenvalue weighted by Gasteiger charge is -2.01. The van der Waals surface area contributed by atoms with Gasteiger partial charge in [0.1, 0.15) is 5.78 Å². The Bertz CT molecular complexity index is 111. The molecule has 9 heavy (non-hydrogen) atoms. The smallest absolute Gasteiger partial charge is 0.146 e. The molecule has 1 aliphatic rings. The summed E-state index contributed by atoms with van der Waals surface area (Å²) >= 11 is 1.78. The molecule has 1 saturated heterocycles. The Morgan fingerprint density at radius 2 is 2.56 bits per heavy atom. The molecule has 0 aromatic heterocycles. The first-order valence-corrected chi connectivity index (χ1v) is 4.60. The van der Waals surface area contributed by atoms with Gasteiger partial charge in [-0.25, -0.2) is 0 Å². The van der Waals surface area contributed by atoms with Crippen LogP contribution in [-0.4, -0.2) is 17.3 Å². The molecule has 2 heteroatoms. The Balaban J connectivity index is 2.31. The van der Waals surface area contributed by atoms with Crippen LogP contribution in [0.25, 0.3) is 0 Å². The van der Waals surface area contributed by atoms with Crippen molar-refractivity contribution in [2.24, 2.45) is 5.92 Å². The Labute approximate surface area is 60.2 Å². The summed E-state index contributed by atoms with van der Waals surface area (Å²) in [7, 11) is 0. The molecule has 1 fully saturated rings. The second-order valence-corrected chi connectivity index (χ2v) is 3.50. The average molecular weight is 144 g/mol. The quantitative estimate of drug-likeness (QED) is 0.587. The maximum absolute atomic E-state index is 10.9. The molecule has 1 rings (SSSR count). The highest BCUT2D eigenvalue weighted by Crippen LogP contribution is 2.23. The van der Waals surface area contributed by atoms with E-state index in [1.54, 1.807) is 11.8 Å². The molecule has 1 atom stereocenters. The van der Waals surface area contributed by atoms with E-state index in [-0.39, 0.29) is 0 Å². The van der Waals surface area contributed by atoms with Crippen molar-refractivity contribution in [3.05, 3.63) is 0 Å². The first-order chi connectivity index (χ1) is 4.34. The van der Waals surface area contributed by atoms with Crippen LogP contribution in [0.5, 0.6) is 0 Å². The molecule has 1 nitrogen and oxygen atoms in total. The number of thioether (sulfide) groups is 1. The normalized spacial score (nSPS) is 27.2. The monoisotopic (exact) mass is 144 g/mol. The fourth-order valence-corrected chi connectivity index (χ4v) is 2.30. The molecule has 1 heterocycles. The molecule has 52 valence electrons. The van der Waals surface area contributed by atoms with Crippen molar-refractivity contribution in [2.45, 2.75) is 19.8 Å². The van der Waals surface area contributed by atoms with Crippen molar-refractivity contribution < 1.29 is 4.79 Å². The Hall–Kier alpha value is 0.0200. The lowest BCUT2D eigenvalue weighted by molar-refractivity contribution is -0.119. The van der Waals surface area contributed by atoms with Crippen LogP contribution in [-0.2, 0) is 4.79 Å². The van der Waals surface area contributed by atoms with Crippen LogP contribution in [0.2, 0.25) is 0 Å². The van der Waals surface area contributed by atoms with Crippen molar-refractivity contribution in [3.63, 3.8) is 0 Å². The molecule has 0 aromatic rings. The lowest BCUT2D eigenvalue weighted by Crippen LogP contribution is -2.09. The third-order valence-electron chi connectivity index (χ3n) is 1.66. The zero-order valence-electron chi connectivity index (χ0n) is 5.72. The van der Waals surface area contributed by atoms with Crippen LogP contribution in [0, 0.1) is 5.92 Å². The average Bonchev–Trinajstić information content (AvgIpc) is 2.18. The summed E-state index contributed by atoms with van der Waals surface area (Å²) in [6, 6.07) is 0. The number of carbonyl (C=O) groups is 1. The number of ketones is 1. The molecular formula is C7H12OS. The molecule has 0 saturated carbocycles. The Kier molecular flexibility index (Phi) is 2.58. The van der Waals surface area contributed by atoms with Gasteiger partial charge in [-0.2, -0.15) is 11.8 Å². The van der Waals surface area contributed by atoms with Gasteiger partial charge in [0.2, 0.25) is 0 Å². The van der Waals surface area contributed by atoms with E-state index in [0.717, 1.165) is 24.3 Å². The molecule has 1 aliphatic heterocycles. The Morgan fingerprint density at radius 3 is 3.00 bits per heavy atom. The summed E-state index contributed by atoms with van der Waals surface area (Å²) in [5.41, 5.74) is 0. The molecule has 0 bridgehead atoms. The number of carbonyl (C=O) groups excluding carboxylic acids is 1. The van der Waals surface area contributed by atoms with E-state index in [9.17, 15) is 4.79 Å². The first kappa shape index (κ1) is 7.13. The van der Waals surface area contributed by atoms with Crippen LogP contribution in [0.3, 0.4) is 0 Å². The van der Waals surface area contributed by atoms with Crippen molar-refractivity contribution in [1.82, 2.24) is 0 Å². The van der Waals surface area contributed by atoms with Gasteiger partial charge in [0.25, 0.3) is 0 Å². The topological polar surface area (TPSA) is 17.1 Å². The summed E-state index contributed by atoms with van der Waals surface area (Å²) in [4.78, 5) is 10.9. The minimum Gasteiger partial charge on any atom is -0.298 e. The third-order valence-corrected chi connectivity index (χ3v) is 2.78. The minimum absolute atomic E-state index is 0.403. The third kappa shape index (κ3) is 1.71. The molecule has 0 aliphatic carbocycles. The summed E-state index contributed by atoms with van der Waals surface area (Å²) in [6.07, 6.45) is 2.25. The van der Waals surface area contributed by atoms with Gasteiger partial charge in [-0.1, -0.05) is 13.3 Å². The molecule has 0 N–H and O–H groups in total. The van der Waals surface area contributed by atoms with Crippen molar-refractivity contribution in [3.8, 4) is 0 Å². The summed E-state index contributed by atoms with van der Waals surface area (Å²) in [5.74, 6) is 2.72. The minimum atomic E-state index is 0.403. The lowest BCUT2D eigenvalue weighted by atomic mass is 10.0. The molecule has 1 unspecified atom stereocenters. The molecule has 0 spiro atoms. The zero-order chi connectivity index (χ0) is 6.69. The SMILES string of the molecule is CCCC1CSCC1=O. The van der Waals surface area contributed by atoms with Crippen LogP contribution in [0.1, 0.15) is 19.8 Å². The maximum atomic E-state index is 10.9. The van der Waals surface area contributed by atoms with E-state index in [0.29, 0.717) is 11.7 Å². The van der Waals surface area contributed by atoms with E-state index in [1.807, 2.05) is 0 Å². The number of Topliss-reactive ketones (excluding diaryl/α,β-unsaturated/α-hetero) is 1. The van der Waals surface area contributed by atoms with Gasteiger partial charge in [0.05, 0.1) is 5.75 Å². The van der Waals surface area contributed by atoms with Crippen molar-refractivity contribution >= 4 is 17.5 Å². The van der Waals surface area contributed by atoms with Crippen LogP contribution < -0.4 is 0 Å². The zero-order valence-corrected chi connectivity index (χ0v) is 6.54. The van der Waals surface area contributed by atoms with Gasteiger partial charge in [0, 0.05) is 11.7 Å². The largest absolute Gasteiger partial charge is 0.298 e. The predicted octanol–water partition coefficient (Wildman–Crippen LogP) is 1.72. The van der Waals surface area contributed by atoms with Gasteiger partial charge in [-0.05, 0) is 6.42 Å². The second kappa shape index (κ2) is 3.25. The van der Waals surface area contributed by atoms with Crippen LogP contribution >= 0.6 is 11.8 Å². The first-order valence-electron chi connectivity index (χ1n) is 3.45. The fourth-order valence-electron chi connectivity index (χ4n) is 1.11. The summed E-state index contributed by atoms with van der Waals surface area (Å²) in [5, 5.41) is 0. The van der Waals surface area contributed by atoms with E-state index in [2.05, 4.69) is 6.92 Å².